The van der Waals surface area contributed by atoms with E-state index in [1.54, 1.807) is 33.3 Å². The third-order valence-electron chi connectivity index (χ3n) is 4.34. The van der Waals surface area contributed by atoms with Crippen LogP contribution in [-0.4, -0.2) is 44.1 Å². The second-order valence-corrected chi connectivity index (χ2v) is 7.26. The molecule has 1 amide bonds. The molecule has 0 saturated carbocycles. The van der Waals surface area contributed by atoms with Gasteiger partial charge in [-0.2, -0.15) is 5.10 Å². The van der Waals surface area contributed by atoms with Gasteiger partial charge in [0.2, 0.25) is 0 Å². The summed E-state index contributed by atoms with van der Waals surface area (Å²) in [7, 11) is 1.83. The molecule has 26 heavy (non-hydrogen) atoms. The molecule has 3 aromatic heterocycles. The van der Waals surface area contributed by atoms with E-state index in [0.29, 0.717) is 11.5 Å². The fraction of sp³-hybridized carbons (Fsp3) is 0.368. The maximum atomic E-state index is 12.7. The second kappa shape index (κ2) is 7.78. The summed E-state index contributed by atoms with van der Waals surface area (Å²) in [6.07, 6.45) is 5.45. The lowest BCUT2D eigenvalue weighted by atomic mass is 10.2. The summed E-state index contributed by atoms with van der Waals surface area (Å²) in [6.45, 7) is 6.72. The molecule has 3 rings (SSSR count). The number of hydrogen-bond donors (Lipinski definition) is 0. The van der Waals surface area contributed by atoms with Gasteiger partial charge in [-0.05, 0) is 37.3 Å². The Morgan fingerprint density at radius 3 is 2.81 bits per heavy atom. The van der Waals surface area contributed by atoms with E-state index in [9.17, 15) is 4.79 Å². The predicted molar refractivity (Wildman–Crippen MR) is 104 cm³/mol. The van der Waals surface area contributed by atoms with Gasteiger partial charge in [-0.1, -0.05) is 19.4 Å². The Morgan fingerprint density at radius 2 is 2.12 bits per heavy atom. The van der Waals surface area contributed by atoms with Crippen molar-refractivity contribution in [3.63, 3.8) is 0 Å². The Labute approximate surface area is 157 Å². The zero-order valence-corrected chi connectivity index (χ0v) is 16.4. The lowest BCUT2D eigenvalue weighted by Crippen LogP contribution is -2.28. The van der Waals surface area contributed by atoms with Crippen LogP contribution in [0.15, 0.2) is 29.9 Å². The Hall–Kier alpha value is -2.54. The molecule has 3 heterocycles. The molecule has 0 aliphatic carbocycles. The van der Waals surface area contributed by atoms with E-state index in [2.05, 4.69) is 22.0 Å². The van der Waals surface area contributed by atoms with Crippen LogP contribution in [-0.2, 0) is 0 Å². The van der Waals surface area contributed by atoms with Crippen LogP contribution in [0.3, 0.4) is 0 Å². The fourth-order valence-corrected chi connectivity index (χ4v) is 3.50. The van der Waals surface area contributed by atoms with Crippen LogP contribution in [0.4, 0.5) is 0 Å². The molecular weight excluding hydrogens is 346 g/mol. The van der Waals surface area contributed by atoms with Gasteiger partial charge in [0, 0.05) is 19.8 Å². The van der Waals surface area contributed by atoms with E-state index < -0.39 is 0 Å². The number of aryl methyl sites for hydroxylation is 1. The zero-order valence-electron chi connectivity index (χ0n) is 15.6. The molecule has 0 fully saturated rings. The Bertz CT molecular complexity index is 901. The molecule has 6 nitrogen and oxygen atoms in total. The second-order valence-electron chi connectivity index (χ2n) is 6.31. The minimum Gasteiger partial charge on any atom is -0.342 e. The topological polar surface area (TPSA) is 63.9 Å². The number of aromatic nitrogens is 4. The van der Waals surface area contributed by atoms with Crippen LogP contribution in [0, 0.1) is 13.8 Å². The average molecular weight is 369 g/mol. The van der Waals surface area contributed by atoms with E-state index in [0.717, 1.165) is 41.2 Å². The number of hydrogen-bond acceptors (Lipinski definition) is 5. The van der Waals surface area contributed by atoms with Crippen LogP contribution in [0.5, 0.6) is 0 Å². The molecule has 0 bridgehead atoms. The van der Waals surface area contributed by atoms with E-state index >= 15 is 0 Å². The minimum atomic E-state index is -0.0206. The maximum Gasteiger partial charge on any atom is 0.257 e. The number of thiophene rings is 1. The van der Waals surface area contributed by atoms with Crippen molar-refractivity contribution in [2.24, 2.45) is 0 Å². The van der Waals surface area contributed by atoms with Crippen LogP contribution in [0.2, 0.25) is 0 Å². The molecule has 0 unspecified atom stereocenters. The van der Waals surface area contributed by atoms with Crippen molar-refractivity contribution in [1.29, 1.82) is 0 Å². The fourth-order valence-electron chi connectivity index (χ4n) is 2.72. The van der Waals surface area contributed by atoms with Crippen molar-refractivity contribution >= 4 is 17.2 Å². The third-order valence-corrected chi connectivity index (χ3v) is 5.21. The Balaban J connectivity index is 1.93. The highest BCUT2D eigenvalue weighted by molar-refractivity contribution is 7.13. The Morgan fingerprint density at radius 1 is 1.31 bits per heavy atom. The molecule has 7 heteroatoms. The molecular formula is C19H23N5OS. The van der Waals surface area contributed by atoms with Gasteiger partial charge >= 0.3 is 0 Å². The predicted octanol–water partition coefficient (Wildman–Crippen LogP) is 3.88. The van der Waals surface area contributed by atoms with Crippen molar-refractivity contribution in [3.8, 4) is 16.5 Å². The summed E-state index contributed by atoms with van der Waals surface area (Å²) in [5.74, 6) is 0.458. The van der Waals surface area contributed by atoms with Gasteiger partial charge in [0.15, 0.2) is 0 Å². The lowest BCUT2D eigenvalue weighted by molar-refractivity contribution is 0.0792. The van der Waals surface area contributed by atoms with Crippen molar-refractivity contribution in [3.05, 3.63) is 46.7 Å². The highest BCUT2D eigenvalue weighted by Gasteiger charge is 2.20. The summed E-state index contributed by atoms with van der Waals surface area (Å²) >= 11 is 1.64. The van der Waals surface area contributed by atoms with Gasteiger partial charge < -0.3 is 4.90 Å². The van der Waals surface area contributed by atoms with E-state index in [1.165, 1.54) is 0 Å². The molecule has 0 aromatic carbocycles. The van der Waals surface area contributed by atoms with Crippen LogP contribution in [0.1, 0.15) is 41.4 Å². The third kappa shape index (κ3) is 3.53. The van der Waals surface area contributed by atoms with Crippen molar-refractivity contribution in [1.82, 2.24) is 24.6 Å². The standard InChI is InChI=1S/C19H23N5OS/c1-5-6-9-23(4)18(25)15-12-21-24(14(15)3)19-20-11-13(2)17(22-19)16-8-7-10-26-16/h7-8,10-12H,5-6,9H2,1-4H3. The molecule has 0 aliphatic rings. The number of carbonyl (C=O) groups is 1. The number of carbonyl (C=O) groups excluding carboxylic acids is 1. The quantitative estimate of drug-likeness (QED) is 0.661. The first-order chi connectivity index (χ1) is 12.5. The normalized spacial score (nSPS) is 10.9. The summed E-state index contributed by atoms with van der Waals surface area (Å²) < 4.78 is 1.64. The first kappa shape index (κ1) is 18.3. The van der Waals surface area contributed by atoms with Crippen molar-refractivity contribution in [2.75, 3.05) is 13.6 Å². The molecule has 3 aromatic rings. The highest BCUT2D eigenvalue weighted by Crippen LogP contribution is 2.26. The molecule has 0 radical (unpaired) electrons. The first-order valence-electron chi connectivity index (χ1n) is 8.71. The van der Waals surface area contributed by atoms with Gasteiger partial charge in [-0.3, -0.25) is 4.79 Å². The summed E-state index contributed by atoms with van der Waals surface area (Å²) in [5.41, 5.74) is 3.24. The molecule has 0 saturated heterocycles. The van der Waals surface area contributed by atoms with Gasteiger partial charge in [-0.25, -0.2) is 14.6 Å². The van der Waals surface area contributed by atoms with E-state index in [4.69, 9.17) is 0 Å². The average Bonchev–Trinajstić information content (AvgIpc) is 3.29. The van der Waals surface area contributed by atoms with E-state index in [1.807, 2.05) is 38.4 Å². The van der Waals surface area contributed by atoms with Crippen molar-refractivity contribution < 1.29 is 4.79 Å². The number of amides is 1. The monoisotopic (exact) mass is 369 g/mol. The summed E-state index contributed by atoms with van der Waals surface area (Å²) in [5, 5.41) is 6.40. The molecule has 0 atom stereocenters. The maximum absolute atomic E-state index is 12.7. The Kier molecular flexibility index (Phi) is 5.46. The zero-order chi connectivity index (χ0) is 18.7. The molecule has 136 valence electrons. The van der Waals surface area contributed by atoms with Crippen LogP contribution >= 0.6 is 11.3 Å². The molecule has 0 aliphatic heterocycles. The summed E-state index contributed by atoms with van der Waals surface area (Å²) in [4.78, 5) is 24.6. The minimum absolute atomic E-state index is 0.0206. The first-order valence-corrected chi connectivity index (χ1v) is 9.58. The SMILES string of the molecule is CCCCN(C)C(=O)c1cnn(-c2ncc(C)c(-c3cccs3)n2)c1C. The lowest BCUT2D eigenvalue weighted by Gasteiger charge is -2.16. The molecule has 0 N–H and O–H groups in total. The largest absolute Gasteiger partial charge is 0.342 e. The van der Waals surface area contributed by atoms with E-state index in [-0.39, 0.29) is 5.91 Å². The van der Waals surface area contributed by atoms with Gasteiger partial charge in [0.05, 0.1) is 28.0 Å². The van der Waals surface area contributed by atoms with Gasteiger partial charge in [-0.15, -0.1) is 11.3 Å². The number of unbranched alkanes of at least 4 members (excludes halogenated alkanes) is 1. The van der Waals surface area contributed by atoms with Crippen LogP contribution < -0.4 is 0 Å². The van der Waals surface area contributed by atoms with Crippen LogP contribution in [0.25, 0.3) is 16.5 Å². The number of rotatable bonds is 6. The van der Waals surface area contributed by atoms with Gasteiger partial charge in [0.25, 0.3) is 11.9 Å². The number of nitrogens with zero attached hydrogens (tertiary/aromatic N) is 5. The highest BCUT2D eigenvalue weighted by atomic mass is 32.1. The van der Waals surface area contributed by atoms with Crippen molar-refractivity contribution in [2.45, 2.75) is 33.6 Å². The smallest absolute Gasteiger partial charge is 0.257 e. The molecule has 0 spiro atoms. The summed E-state index contributed by atoms with van der Waals surface area (Å²) in [6, 6.07) is 4.04. The van der Waals surface area contributed by atoms with Gasteiger partial charge in [0.1, 0.15) is 0 Å².